The van der Waals surface area contributed by atoms with E-state index in [1.54, 1.807) is 0 Å². The van der Waals surface area contributed by atoms with Crippen LogP contribution in [0.5, 0.6) is 11.5 Å². The average Bonchev–Trinajstić information content (AvgIpc) is 2.73. The van der Waals surface area contributed by atoms with Crippen molar-refractivity contribution in [2.75, 3.05) is 19.8 Å². The van der Waals surface area contributed by atoms with Crippen molar-refractivity contribution in [2.45, 2.75) is 52.7 Å². The second kappa shape index (κ2) is 7.66. The van der Waals surface area contributed by atoms with Gasteiger partial charge in [0, 0.05) is 6.92 Å². The number of hydrogen-bond donors (Lipinski definition) is 0. The Kier molecular flexibility index (Phi) is 6.01. The molecule has 0 amide bonds. The summed E-state index contributed by atoms with van der Waals surface area (Å²) in [6.45, 7) is 12.3. The molecular weight excluding hydrogens is 323 g/mol. The molecule has 138 valence electrons. The molecular formula is C18H27BO6. The normalized spacial score (nSPS) is 18.1. The van der Waals surface area contributed by atoms with Gasteiger partial charge in [-0.25, -0.2) is 0 Å². The van der Waals surface area contributed by atoms with Crippen LogP contribution in [0, 0.1) is 0 Å². The van der Waals surface area contributed by atoms with Crippen LogP contribution < -0.4 is 14.9 Å². The zero-order chi connectivity index (χ0) is 18.7. The topological polar surface area (TPSA) is 63.2 Å². The quantitative estimate of drug-likeness (QED) is 0.427. The van der Waals surface area contributed by atoms with Crippen LogP contribution in [-0.4, -0.2) is 44.1 Å². The first-order valence-corrected chi connectivity index (χ1v) is 8.55. The maximum atomic E-state index is 10.8. The molecule has 1 heterocycles. The van der Waals surface area contributed by atoms with Crippen molar-refractivity contribution in [2.24, 2.45) is 0 Å². The Balaban J connectivity index is 2.11. The highest BCUT2D eigenvalue weighted by atomic mass is 16.7. The molecule has 6 nitrogen and oxygen atoms in total. The van der Waals surface area contributed by atoms with Crippen LogP contribution >= 0.6 is 0 Å². The monoisotopic (exact) mass is 350 g/mol. The molecule has 0 bridgehead atoms. The van der Waals surface area contributed by atoms with Crippen molar-refractivity contribution < 1.29 is 28.3 Å². The first-order valence-electron chi connectivity index (χ1n) is 8.55. The van der Waals surface area contributed by atoms with Gasteiger partial charge in [0.15, 0.2) is 11.5 Å². The fourth-order valence-corrected chi connectivity index (χ4v) is 2.37. The van der Waals surface area contributed by atoms with E-state index in [1.165, 1.54) is 6.92 Å². The van der Waals surface area contributed by atoms with Gasteiger partial charge < -0.3 is 23.5 Å². The number of benzene rings is 1. The van der Waals surface area contributed by atoms with E-state index in [0.717, 1.165) is 5.46 Å². The maximum Gasteiger partial charge on any atom is 0.494 e. The Hall–Kier alpha value is -1.73. The number of ether oxygens (including phenoxy) is 3. The third-order valence-electron chi connectivity index (χ3n) is 4.44. The average molecular weight is 350 g/mol. The molecule has 2 rings (SSSR count). The summed E-state index contributed by atoms with van der Waals surface area (Å²) in [5, 5.41) is 0. The van der Waals surface area contributed by atoms with Crippen molar-refractivity contribution in [3.63, 3.8) is 0 Å². The molecule has 0 saturated carbocycles. The lowest BCUT2D eigenvalue weighted by atomic mass is 9.79. The van der Waals surface area contributed by atoms with Gasteiger partial charge in [-0.15, -0.1) is 0 Å². The molecule has 0 unspecified atom stereocenters. The zero-order valence-corrected chi connectivity index (χ0v) is 15.9. The minimum Gasteiger partial charge on any atom is -0.490 e. The number of hydrogen-bond acceptors (Lipinski definition) is 6. The van der Waals surface area contributed by atoms with Crippen LogP contribution in [0.1, 0.15) is 41.5 Å². The highest BCUT2D eigenvalue weighted by Gasteiger charge is 2.51. The predicted molar refractivity (Wildman–Crippen MR) is 95.5 cm³/mol. The van der Waals surface area contributed by atoms with Gasteiger partial charge in [0.25, 0.3) is 0 Å². The van der Waals surface area contributed by atoms with Gasteiger partial charge in [0.2, 0.25) is 0 Å². The van der Waals surface area contributed by atoms with Gasteiger partial charge in [-0.3, -0.25) is 4.79 Å². The standard InChI is InChI=1S/C18H27BO6/c1-7-21-16-12-14(19-24-17(3,4)18(5,6)25-19)8-9-15(16)23-11-10-22-13(2)20/h8-9,12H,7,10-11H2,1-6H3. The number of carbonyl (C=O) groups excluding carboxylic acids is 1. The van der Waals surface area contributed by atoms with Gasteiger partial charge in [0.1, 0.15) is 13.2 Å². The largest absolute Gasteiger partial charge is 0.494 e. The molecule has 0 aromatic heterocycles. The van der Waals surface area contributed by atoms with Crippen LogP contribution in [0.2, 0.25) is 0 Å². The molecule has 0 aliphatic carbocycles. The lowest BCUT2D eigenvalue weighted by molar-refractivity contribution is -0.141. The summed E-state index contributed by atoms with van der Waals surface area (Å²) in [5.74, 6) is 0.872. The Labute approximate surface area is 149 Å². The van der Waals surface area contributed by atoms with Gasteiger partial charge in [-0.1, -0.05) is 6.07 Å². The second-order valence-electron chi connectivity index (χ2n) is 6.92. The summed E-state index contributed by atoms with van der Waals surface area (Å²) in [6, 6.07) is 5.58. The SMILES string of the molecule is CCOc1cc(B2OC(C)(C)C(C)(C)O2)ccc1OCCOC(C)=O. The summed E-state index contributed by atoms with van der Waals surface area (Å²) in [5.41, 5.74) is 0.0695. The summed E-state index contributed by atoms with van der Waals surface area (Å²) in [7, 11) is -0.459. The van der Waals surface area contributed by atoms with E-state index >= 15 is 0 Å². The molecule has 0 atom stereocenters. The molecule has 25 heavy (non-hydrogen) atoms. The number of carbonyl (C=O) groups is 1. The van der Waals surface area contributed by atoms with Crippen LogP contribution in [0.15, 0.2) is 18.2 Å². The molecule has 1 fully saturated rings. The van der Waals surface area contributed by atoms with Crippen molar-refractivity contribution >= 4 is 18.6 Å². The fourth-order valence-electron chi connectivity index (χ4n) is 2.37. The van der Waals surface area contributed by atoms with Gasteiger partial charge in [-0.05, 0) is 52.2 Å². The molecule has 0 radical (unpaired) electrons. The van der Waals surface area contributed by atoms with E-state index in [-0.39, 0.29) is 19.2 Å². The van der Waals surface area contributed by atoms with Crippen LogP contribution in [0.3, 0.4) is 0 Å². The summed E-state index contributed by atoms with van der Waals surface area (Å²) in [4.78, 5) is 10.8. The number of esters is 1. The zero-order valence-electron chi connectivity index (χ0n) is 15.9. The third-order valence-corrected chi connectivity index (χ3v) is 4.44. The van der Waals surface area contributed by atoms with Crippen molar-refractivity contribution in [3.05, 3.63) is 18.2 Å². The minimum atomic E-state index is -0.459. The number of rotatable bonds is 7. The van der Waals surface area contributed by atoms with Crippen LogP contribution in [0.4, 0.5) is 0 Å². The molecule has 7 heteroatoms. The Morgan fingerprint density at radius 1 is 1.04 bits per heavy atom. The molecule has 1 aliphatic rings. The first kappa shape index (κ1) is 19.6. The molecule has 1 aromatic carbocycles. The van der Waals surface area contributed by atoms with Gasteiger partial charge >= 0.3 is 13.1 Å². The predicted octanol–water partition coefficient (Wildman–Crippen LogP) is 2.33. The summed E-state index contributed by atoms with van der Waals surface area (Å²) >= 11 is 0. The van der Waals surface area contributed by atoms with Crippen LogP contribution in [0.25, 0.3) is 0 Å². The second-order valence-corrected chi connectivity index (χ2v) is 6.92. The minimum absolute atomic E-state index is 0.194. The van der Waals surface area contributed by atoms with E-state index in [0.29, 0.717) is 18.1 Å². The molecule has 1 aliphatic heterocycles. The summed E-state index contributed by atoms with van der Waals surface area (Å²) < 4.78 is 28.3. The van der Waals surface area contributed by atoms with E-state index < -0.39 is 18.3 Å². The molecule has 0 N–H and O–H groups in total. The molecule has 1 saturated heterocycles. The van der Waals surface area contributed by atoms with Gasteiger partial charge in [0.05, 0.1) is 17.8 Å². The molecule has 1 aromatic rings. The Morgan fingerprint density at radius 2 is 1.68 bits per heavy atom. The maximum absolute atomic E-state index is 10.8. The van der Waals surface area contributed by atoms with E-state index in [2.05, 4.69) is 0 Å². The third kappa shape index (κ3) is 4.67. The van der Waals surface area contributed by atoms with Gasteiger partial charge in [-0.2, -0.15) is 0 Å². The lowest BCUT2D eigenvalue weighted by Crippen LogP contribution is -2.41. The highest BCUT2D eigenvalue weighted by Crippen LogP contribution is 2.37. The first-order chi connectivity index (χ1) is 11.7. The fraction of sp³-hybridized carbons (Fsp3) is 0.611. The summed E-state index contributed by atoms with van der Waals surface area (Å²) in [6.07, 6.45) is 0. The van der Waals surface area contributed by atoms with Crippen LogP contribution in [-0.2, 0) is 18.8 Å². The Morgan fingerprint density at radius 3 is 2.24 bits per heavy atom. The molecule has 0 spiro atoms. The smallest absolute Gasteiger partial charge is 0.490 e. The van der Waals surface area contributed by atoms with Crippen molar-refractivity contribution in [3.8, 4) is 11.5 Å². The van der Waals surface area contributed by atoms with Crippen molar-refractivity contribution in [1.29, 1.82) is 0 Å². The van der Waals surface area contributed by atoms with E-state index in [1.807, 2.05) is 52.8 Å². The van der Waals surface area contributed by atoms with Crippen molar-refractivity contribution in [1.82, 2.24) is 0 Å². The van der Waals surface area contributed by atoms with E-state index in [9.17, 15) is 4.79 Å². The lowest BCUT2D eigenvalue weighted by Gasteiger charge is -2.32. The Bertz CT molecular complexity index is 598. The highest BCUT2D eigenvalue weighted by molar-refractivity contribution is 6.62. The van der Waals surface area contributed by atoms with E-state index in [4.69, 9.17) is 23.5 Å².